The fourth-order valence-corrected chi connectivity index (χ4v) is 3.49. The maximum atomic E-state index is 9.10. The summed E-state index contributed by atoms with van der Waals surface area (Å²) in [6, 6.07) is 3.96. The molecule has 26 heavy (non-hydrogen) atoms. The number of carboxylic acid groups (broad SMARTS) is 2. The molecule has 0 bridgehead atoms. The van der Waals surface area contributed by atoms with Gasteiger partial charge in [-0.15, -0.1) is 0 Å². The molecule has 0 aliphatic carbocycles. The summed E-state index contributed by atoms with van der Waals surface area (Å²) in [6.07, 6.45) is 1.03. The van der Waals surface area contributed by atoms with Crippen molar-refractivity contribution in [2.24, 2.45) is 0 Å². The van der Waals surface area contributed by atoms with E-state index in [-0.39, 0.29) is 0 Å². The van der Waals surface area contributed by atoms with E-state index in [0.717, 1.165) is 54.9 Å². The number of rotatable bonds is 5. The van der Waals surface area contributed by atoms with Crippen molar-refractivity contribution in [1.29, 1.82) is 0 Å². The van der Waals surface area contributed by atoms with Crippen molar-refractivity contribution in [1.82, 2.24) is 9.80 Å². The van der Waals surface area contributed by atoms with E-state index in [1.165, 1.54) is 0 Å². The Morgan fingerprint density at radius 3 is 2.27 bits per heavy atom. The first kappa shape index (κ1) is 22.7. The normalized spacial score (nSPS) is 15.1. The monoisotopic (exact) mass is 450 g/mol. The molecule has 146 valence electrons. The lowest BCUT2D eigenvalue weighted by Crippen LogP contribution is -2.44. The van der Waals surface area contributed by atoms with E-state index in [2.05, 4.69) is 32.8 Å². The number of likely N-dealkylation sites (N-methyl/N-ethyl adjacent to an activating group) is 1. The largest absolute Gasteiger partial charge is 0.491 e. The molecule has 0 radical (unpaired) electrons. The maximum absolute atomic E-state index is 9.10. The highest BCUT2D eigenvalue weighted by Gasteiger charge is 2.13. The molecule has 1 aliphatic heterocycles. The summed E-state index contributed by atoms with van der Waals surface area (Å²) < 4.78 is 6.75. The molecule has 2 rings (SSSR count). The Balaban J connectivity index is 0.000000487. The Labute approximate surface area is 166 Å². The average Bonchev–Trinajstić information content (AvgIpc) is 2.55. The third-order valence-corrected chi connectivity index (χ3v) is 4.66. The van der Waals surface area contributed by atoms with E-state index in [4.69, 9.17) is 36.1 Å². The summed E-state index contributed by atoms with van der Waals surface area (Å²) in [7, 11) is 2.18. The Hall–Kier alpha value is -1.35. The molecule has 0 aromatic heterocycles. The van der Waals surface area contributed by atoms with E-state index in [1.54, 1.807) is 0 Å². The number of carboxylic acids is 2. The van der Waals surface area contributed by atoms with Crippen LogP contribution in [0.25, 0.3) is 0 Å². The van der Waals surface area contributed by atoms with E-state index in [1.807, 2.05) is 19.1 Å². The standard InChI is InChI=1S/C15H22BrClN2O.C2H2O4/c1-12-10-13(16)15(14(17)11-12)20-9-3-4-19-7-5-18(2)6-8-19;3-1(4)2(5)6/h10-11H,3-9H2,1-2H3;(H,3,4)(H,5,6). The molecule has 0 unspecified atom stereocenters. The average molecular weight is 452 g/mol. The van der Waals surface area contributed by atoms with Gasteiger partial charge >= 0.3 is 11.9 Å². The first-order valence-corrected chi connectivity index (χ1v) is 9.33. The number of carbonyl (C=O) groups is 2. The fourth-order valence-electron chi connectivity index (χ4n) is 2.36. The Bertz CT molecular complexity index is 586. The number of halogens is 2. The summed E-state index contributed by atoms with van der Waals surface area (Å²) in [5.41, 5.74) is 1.13. The predicted octanol–water partition coefficient (Wildman–Crippen LogP) is 2.58. The van der Waals surface area contributed by atoms with Crippen molar-refractivity contribution in [2.45, 2.75) is 13.3 Å². The number of nitrogens with zero attached hydrogens (tertiary/aromatic N) is 2. The van der Waals surface area contributed by atoms with Gasteiger partial charge in [0.25, 0.3) is 0 Å². The third-order valence-electron chi connectivity index (χ3n) is 3.79. The van der Waals surface area contributed by atoms with Crippen molar-refractivity contribution in [2.75, 3.05) is 46.4 Å². The van der Waals surface area contributed by atoms with Crippen LogP contribution in [0.1, 0.15) is 12.0 Å². The molecule has 2 N–H and O–H groups in total. The summed E-state index contributed by atoms with van der Waals surface area (Å²) in [5, 5.41) is 15.5. The lowest BCUT2D eigenvalue weighted by molar-refractivity contribution is -0.159. The second-order valence-corrected chi connectivity index (χ2v) is 7.28. The van der Waals surface area contributed by atoms with Gasteiger partial charge in [-0.1, -0.05) is 11.6 Å². The van der Waals surface area contributed by atoms with Crippen LogP contribution in [0.2, 0.25) is 5.02 Å². The molecule has 0 amide bonds. The minimum atomic E-state index is -1.82. The minimum Gasteiger partial charge on any atom is -0.491 e. The molecule has 1 saturated heterocycles. The van der Waals surface area contributed by atoms with E-state index in [9.17, 15) is 0 Å². The van der Waals surface area contributed by atoms with E-state index >= 15 is 0 Å². The highest BCUT2D eigenvalue weighted by Crippen LogP contribution is 2.34. The molecule has 1 aromatic rings. The number of piperazine rings is 1. The van der Waals surface area contributed by atoms with Crippen molar-refractivity contribution < 1.29 is 24.5 Å². The van der Waals surface area contributed by atoms with Gasteiger partial charge in [0.15, 0.2) is 5.75 Å². The number of aryl methyl sites for hydroxylation is 1. The van der Waals surface area contributed by atoms with Crippen LogP contribution in [-0.2, 0) is 9.59 Å². The van der Waals surface area contributed by atoms with Gasteiger partial charge < -0.3 is 24.7 Å². The lowest BCUT2D eigenvalue weighted by Gasteiger charge is -2.32. The number of ether oxygens (including phenoxy) is 1. The second kappa shape index (κ2) is 11.4. The zero-order valence-electron chi connectivity index (χ0n) is 14.9. The summed E-state index contributed by atoms with van der Waals surface area (Å²) in [5.74, 6) is -2.89. The van der Waals surface area contributed by atoms with E-state index < -0.39 is 11.9 Å². The number of aliphatic carboxylic acids is 2. The second-order valence-electron chi connectivity index (χ2n) is 6.01. The Morgan fingerprint density at radius 1 is 1.19 bits per heavy atom. The highest BCUT2D eigenvalue weighted by atomic mass is 79.9. The van der Waals surface area contributed by atoms with Gasteiger partial charge in [-0.25, -0.2) is 9.59 Å². The van der Waals surface area contributed by atoms with Crippen molar-refractivity contribution in [3.8, 4) is 5.75 Å². The highest BCUT2D eigenvalue weighted by molar-refractivity contribution is 9.10. The smallest absolute Gasteiger partial charge is 0.414 e. The zero-order chi connectivity index (χ0) is 19.7. The number of hydrogen-bond donors (Lipinski definition) is 2. The van der Waals surface area contributed by atoms with Crippen LogP contribution in [0.4, 0.5) is 0 Å². The summed E-state index contributed by atoms with van der Waals surface area (Å²) in [4.78, 5) is 23.1. The van der Waals surface area contributed by atoms with Gasteiger partial charge in [-0.05, 0) is 54.0 Å². The van der Waals surface area contributed by atoms with Gasteiger partial charge in [0.1, 0.15) is 0 Å². The summed E-state index contributed by atoms with van der Waals surface area (Å²) in [6.45, 7) is 8.46. The molecular weight excluding hydrogens is 428 g/mol. The predicted molar refractivity (Wildman–Crippen MR) is 103 cm³/mol. The number of benzene rings is 1. The van der Waals surface area contributed by atoms with Crippen molar-refractivity contribution in [3.05, 3.63) is 27.2 Å². The molecular formula is C17H24BrClN2O5. The fraction of sp³-hybridized carbons (Fsp3) is 0.529. The van der Waals surface area contributed by atoms with Crippen molar-refractivity contribution in [3.63, 3.8) is 0 Å². The van der Waals surface area contributed by atoms with Crippen LogP contribution in [0.15, 0.2) is 16.6 Å². The van der Waals surface area contributed by atoms with Crippen LogP contribution in [0.3, 0.4) is 0 Å². The van der Waals surface area contributed by atoms with Gasteiger partial charge in [-0.3, -0.25) is 0 Å². The maximum Gasteiger partial charge on any atom is 0.414 e. The first-order chi connectivity index (χ1) is 12.2. The van der Waals surface area contributed by atoms with Crippen LogP contribution in [0.5, 0.6) is 5.75 Å². The minimum absolute atomic E-state index is 0.677. The molecule has 9 heteroatoms. The van der Waals surface area contributed by atoms with Gasteiger partial charge in [0.2, 0.25) is 0 Å². The molecule has 1 fully saturated rings. The topological polar surface area (TPSA) is 90.3 Å². The summed E-state index contributed by atoms with van der Waals surface area (Å²) >= 11 is 9.72. The van der Waals surface area contributed by atoms with Crippen molar-refractivity contribution >= 4 is 39.5 Å². The van der Waals surface area contributed by atoms with Gasteiger partial charge in [0, 0.05) is 32.7 Å². The molecule has 1 heterocycles. The van der Waals surface area contributed by atoms with Gasteiger partial charge in [0.05, 0.1) is 16.1 Å². The molecule has 7 nitrogen and oxygen atoms in total. The van der Waals surface area contributed by atoms with E-state index in [0.29, 0.717) is 11.6 Å². The Morgan fingerprint density at radius 2 is 1.77 bits per heavy atom. The third kappa shape index (κ3) is 8.35. The SMILES string of the molecule is Cc1cc(Cl)c(OCCCN2CCN(C)CC2)c(Br)c1.O=C(O)C(=O)O. The van der Waals surface area contributed by atoms with Crippen LogP contribution < -0.4 is 4.74 Å². The number of hydrogen-bond acceptors (Lipinski definition) is 5. The van der Waals surface area contributed by atoms with Crippen LogP contribution >= 0.6 is 27.5 Å². The zero-order valence-corrected chi connectivity index (χ0v) is 17.2. The molecule has 0 spiro atoms. The van der Waals surface area contributed by atoms with Crippen LogP contribution in [0, 0.1) is 6.92 Å². The lowest BCUT2D eigenvalue weighted by atomic mass is 10.2. The molecule has 0 atom stereocenters. The van der Waals surface area contributed by atoms with Crippen LogP contribution in [-0.4, -0.2) is 78.3 Å². The molecule has 0 saturated carbocycles. The Kier molecular flexibility index (Phi) is 9.93. The molecule has 1 aromatic carbocycles. The first-order valence-electron chi connectivity index (χ1n) is 8.16. The van der Waals surface area contributed by atoms with Gasteiger partial charge in [-0.2, -0.15) is 0 Å². The molecule has 1 aliphatic rings. The quantitative estimate of drug-likeness (QED) is 0.525.